The average molecular weight is 193 g/mol. The number of carboxylic acid groups (broad SMARTS) is 1. The Balaban J connectivity index is 2.78. The van der Waals surface area contributed by atoms with Crippen LogP contribution in [0.5, 0.6) is 5.75 Å². The molecule has 2 aromatic rings. The number of rotatable bonds is 2. The Morgan fingerprint density at radius 2 is 2.36 bits per heavy atom. The number of aromatic nitrogens is 1. The molecule has 0 amide bonds. The third kappa shape index (κ3) is 1.10. The van der Waals surface area contributed by atoms with Gasteiger partial charge in [0.25, 0.3) is 0 Å². The SMILES string of the molecule is COc1c(C(=O)O)ccc2cnoc12. The van der Waals surface area contributed by atoms with Gasteiger partial charge < -0.3 is 14.4 Å². The molecule has 0 saturated carbocycles. The van der Waals surface area contributed by atoms with Gasteiger partial charge in [-0.25, -0.2) is 4.79 Å². The van der Waals surface area contributed by atoms with E-state index in [2.05, 4.69) is 5.16 Å². The summed E-state index contributed by atoms with van der Waals surface area (Å²) in [6, 6.07) is 3.08. The molecule has 1 N–H and O–H groups in total. The highest BCUT2D eigenvalue weighted by Gasteiger charge is 2.16. The molecule has 0 unspecified atom stereocenters. The molecule has 72 valence electrons. The van der Waals surface area contributed by atoms with E-state index in [1.165, 1.54) is 19.4 Å². The number of fused-ring (bicyclic) bond motifs is 1. The van der Waals surface area contributed by atoms with Crippen molar-refractivity contribution < 1.29 is 19.2 Å². The molecule has 0 bridgehead atoms. The van der Waals surface area contributed by atoms with Crippen LogP contribution in [0.2, 0.25) is 0 Å². The van der Waals surface area contributed by atoms with Gasteiger partial charge in [0.15, 0.2) is 5.75 Å². The molecular formula is C9H7NO4. The lowest BCUT2D eigenvalue weighted by atomic mass is 10.1. The Labute approximate surface area is 78.9 Å². The molecule has 0 aliphatic rings. The average Bonchev–Trinajstić information content (AvgIpc) is 2.63. The van der Waals surface area contributed by atoms with Gasteiger partial charge in [0.1, 0.15) is 5.56 Å². The number of aromatic carboxylic acids is 1. The first-order valence-electron chi connectivity index (χ1n) is 3.88. The summed E-state index contributed by atoms with van der Waals surface area (Å²) in [4.78, 5) is 10.8. The summed E-state index contributed by atoms with van der Waals surface area (Å²) in [5.41, 5.74) is 0.421. The van der Waals surface area contributed by atoms with Gasteiger partial charge in [0.05, 0.1) is 13.3 Å². The molecule has 5 nitrogen and oxygen atoms in total. The van der Waals surface area contributed by atoms with Crippen LogP contribution in [0.25, 0.3) is 11.0 Å². The fourth-order valence-electron chi connectivity index (χ4n) is 1.28. The summed E-state index contributed by atoms with van der Waals surface area (Å²) < 4.78 is 9.86. The first-order chi connectivity index (χ1) is 6.74. The molecule has 0 spiro atoms. The highest BCUT2D eigenvalue weighted by molar-refractivity contribution is 5.98. The number of benzene rings is 1. The second-order valence-electron chi connectivity index (χ2n) is 2.70. The second-order valence-corrected chi connectivity index (χ2v) is 2.70. The number of ether oxygens (including phenoxy) is 1. The van der Waals surface area contributed by atoms with Crippen LogP contribution in [-0.2, 0) is 0 Å². The van der Waals surface area contributed by atoms with Gasteiger partial charge in [-0.05, 0) is 12.1 Å². The first kappa shape index (κ1) is 8.55. The molecule has 14 heavy (non-hydrogen) atoms. The smallest absolute Gasteiger partial charge is 0.339 e. The molecule has 2 rings (SSSR count). The third-order valence-corrected chi connectivity index (χ3v) is 1.91. The molecule has 0 fully saturated rings. The Morgan fingerprint density at radius 3 is 3.00 bits per heavy atom. The lowest BCUT2D eigenvalue weighted by molar-refractivity contribution is 0.0693. The van der Waals surface area contributed by atoms with E-state index >= 15 is 0 Å². The number of carbonyl (C=O) groups is 1. The van der Waals surface area contributed by atoms with Crippen molar-refractivity contribution in [2.75, 3.05) is 7.11 Å². The number of nitrogens with zero attached hydrogens (tertiary/aromatic N) is 1. The van der Waals surface area contributed by atoms with Crippen molar-refractivity contribution in [1.82, 2.24) is 5.16 Å². The number of carboxylic acids is 1. The standard InChI is InChI=1S/C9H7NO4/c1-13-8-6(9(11)12)3-2-5-4-10-14-7(5)8/h2-4H,1H3,(H,11,12). The van der Waals surface area contributed by atoms with E-state index in [1.807, 2.05) is 0 Å². The van der Waals surface area contributed by atoms with Crippen molar-refractivity contribution in [1.29, 1.82) is 0 Å². The van der Waals surface area contributed by atoms with Crippen LogP contribution in [0, 0.1) is 0 Å². The Morgan fingerprint density at radius 1 is 1.57 bits per heavy atom. The van der Waals surface area contributed by atoms with Gasteiger partial charge in [0.2, 0.25) is 5.58 Å². The number of hydrogen-bond acceptors (Lipinski definition) is 4. The second kappa shape index (κ2) is 3.02. The fraction of sp³-hybridized carbons (Fsp3) is 0.111. The highest BCUT2D eigenvalue weighted by Crippen LogP contribution is 2.29. The minimum atomic E-state index is -1.06. The number of methoxy groups -OCH3 is 1. The maximum atomic E-state index is 10.8. The maximum absolute atomic E-state index is 10.8. The first-order valence-corrected chi connectivity index (χ1v) is 3.88. The van der Waals surface area contributed by atoms with Crippen LogP contribution in [0.15, 0.2) is 22.9 Å². The lowest BCUT2D eigenvalue weighted by Crippen LogP contribution is -2.00. The van der Waals surface area contributed by atoms with Crippen LogP contribution < -0.4 is 4.74 Å². The van der Waals surface area contributed by atoms with Crippen molar-refractivity contribution in [3.63, 3.8) is 0 Å². The molecule has 5 heteroatoms. The zero-order valence-corrected chi connectivity index (χ0v) is 7.35. The predicted molar refractivity (Wildman–Crippen MR) is 47.5 cm³/mol. The van der Waals surface area contributed by atoms with Gasteiger partial charge in [0, 0.05) is 5.39 Å². The Kier molecular flexibility index (Phi) is 1.85. The van der Waals surface area contributed by atoms with E-state index in [9.17, 15) is 4.79 Å². The summed E-state index contributed by atoms with van der Waals surface area (Å²) >= 11 is 0. The number of hydrogen-bond donors (Lipinski definition) is 1. The van der Waals surface area contributed by atoms with Gasteiger partial charge in [-0.3, -0.25) is 0 Å². The Hall–Kier alpha value is -2.04. The maximum Gasteiger partial charge on any atom is 0.339 e. The van der Waals surface area contributed by atoms with Gasteiger partial charge in [-0.15, -0.1) is 0 Å². The summed E-state index contributed by atoms with van der Waals surface area (Å²) in [6.45, 7) is 0. The van der Waals surface area contributed by atoms with E-state index < -0.39 is 5.97 Å². The van der Waals surface area contributed by atoms with Gasteiger partial charge in [-0.2, -0.15) is 0 Å². The van der Waals surface area contributed by atoms with Crippen LogP contribution in [0.4, 0.5) is 0 Å². The molecule has 0 aliphatic heterocycles. The quantitative estimate of drug-likeness (QED) is 0.782. The minimum Gasteiger partial charge on any atom is -0.492 e. The zero-order chi connectivity index (χ0) is 10.1. The van der Waals surface area contributed by atoms with Crippen LogP contribution in [0.1, 0.15) is 10.4 Å². The van der Waals surface area contributed by atoms with Gasteiger partial charge >= 0.3 is 5.97 Å². The van der Waals surface area contributed by atoms with E-state index in [-0.39, 0.29) is 11.3 Å². The van der Waals surface area contributed by atoms with Crippen molar-refractivity contribution in [3.05, 3.63) is 23.9 Å². The fourth-order valence-corrected chi connectivity index (χ4v) is 1.28. The van der Waals surface area contributed by atoms with E-state index in [0.717, 1.165) is 0 Å². The van der Waals surface area contributed by atoms with Crippen LogP contribution >= 0.6 is 0 Å². The van der Waals surface area contributed by atoms with E-state index in [1.54, 1.807) is 6.07 Å². The summed E-state index contributed by atoms with van der Waals surface area (Å²) in [5.74, 6) is -0.854. The summed E-state index contributed by atoms with van der Waals surface area (Å²) in [6.07, 6.45) is 1.50. The monoisotopic (exact) mass is 193 g/mol. The molecule has 1 heterocycles. The molecule has 0 radical (unpaired) electrons. The lowest BCUT2D eigenvalue weighted by Gasteiger charge is -2.03. The van der Waals surface area contributed by atoms with Crippen molar-refractivity contribution in [2.45, 2.75) is 0 Å². The molecule has 0 saturated heterocycles. The molecule has 1 aromatic carbocycles. The molecular weight excluding hydrogens is 186 g/mol. The molecule has 1 aromatic heterocycles. The van der Waals surface area contributed by atoms with Crippen LogP contribution in [0.3, 0.4) is 0 Å². The van der Waals surface area contributed by atoms with Crippen molar-refractivity contribution in [3.8, 4) is 5.75 Å². The van der Waals surface area contributed by atoms with Gasteiger partial charge in [-0.1, -0.05) is 5.16 Å². The van der Waals surface area contributed by atoms with E-state index in [0.29, 0.717) is 11.0 Å². The Bertz CT molecular complexity index is 489. The largest absolute Gasteiger partial charge is 0.492 e. The molecule has 0 aliphatic carbocycles. The molecule has 0 atom stereocenters. The third-order valence-electron chi connectivity index (χ3n) is 1.91. The summed E-state index contributed by atoms with van der Waals surface area (Å²) in [5, 5.41) is 13.1. The van der Waals surface area contributed by atoms with E-state index in [4.69, 9.17) is 14.4 Å². The zero-order valence-electron chi connectivity index (χ0n) is 7.35. The van der Waals surface area contributed by atoms with Crippen molar-refractivity contribution in [2.24, 2.45) is 0 Å². The summed E-state index contributed by atoms with van der Waals surface area (Å²) in [7, 11) is 1.39. The normalized spacial score (nSPS) is 10.4. The van der Waals surface area contributed by atoms with Crippen molar-refractivity contribution >= 4 is 16.9 Å². The van der Waals surface area contributed by atoms with Crippen LogP contribution in [-0.4, -0.2) is 23.3 Å². The predicted octanol–water partition coefficient (Wildman–Crippen LogP) is 1.53. The minimum absolute atomic E-state index is 0.0664. The topological polar surface area (TPSA) is 72.6 Å². The highest BCUT2D eigenvalue weighted by atomic mass is 16.5.